The van der Waals surface area contributed by atoms with E-state index in [0.717, 1.165) is 11.1 Å². The number of rotatable bonds is 3. The Morgan fingerprint density at radius 1 is 1.39 bits per heavy atom. The summed E-state index contributed by atoms with van der Waals surface area (Å²) < 4.78 is 15.9. The lowest BCUT2D eigenvalue weighted by Gasteiger charge is -2.38. The monoisotopic (exact) mass is 316 g/mol. The molecule has 1 saturated heterocycles. The van der Waals surface area contributed by atoms with Crippen LogP contribution in [0, 0.1) is 6.92 Å². The summed E-state index contributed by atoms with van der Waals surface area (Å²) in [5, 5.41) is 0. The Kier molecular flexibility index (Phi) is 4.34. The maximum Gasteiger partial charge on any atom is 0.393 e. The number of benzene rings is 1. The second kappa shape index (κ2) is 6.42. The van der Waals surface area contributed by atoms with Gasteiger partial charge >= 0.3 is 6.08 Å². The summed E-state index contributed by atoms with van der Waals surface area (Å²) >= 11 is 0. The van der Waals surface area contributed by atoms with Gasteiger partial charge in [-0.05, 0) is 25.0 Å². The largest absolute Gasteiger partial charge is 0.454 e. The first-order valence-corrected chi connectivity index (χ1v) is 7.57. The number of methoxy groups -OCH3 is 1. The highest BCUT2D eigenvalue weighted by atomic mass is 16.6. The molecule has 0 spiro atoms. The van der Waals surface area contributed by atoms with Gasteiger partial charge in [-0.2, -0.15) is 4.98 Å². The third kappa shape index (κ3) is 3.07. The van der Waals surface area contributed by atoms with Crippen LogP contribution in [-0.2, 0) is 4.74 Å². The zero-order valence-corrected chi connectivity index (χ0v) is 13.5. The second-order valence-corrected chi connectivity index (χ2v) is 5.69. The van der Waals surface area contributed by atoms with E-state index in [-0.39, 0.29) is 29.8 Å². The molecule has 2 atom stereocenters. The highest BCUT2D eigenvalue weighted by molar-refractivity contribution is 5.92. The van der Waals surface area contributed by atoms with Crippen molar-refractivity contribution in [2.24, 2.45) is 0 Å². The molecular weight excluding hydrogens is 296 g/mol. The van der Waals surface area contributed by atoms with Gasteiger partial charge in [0.2, 0.25) is 0 Å². The van der Waals surface area contributed by atoms with Gasteiger partial charge in [0, 0.05) is 0 Å². The Morgan fingerprint density at radius 2 is 2.17 bits per heavy atom. The number of aromatic nitrogens is 1. The quantitative estimate of drug-likeness (QED) is 0.871. The van der Waals surface area contributed by atoms with Gasteiger partial charge in [-0.3, -0.25) is 4.79 Å². The number of oxazole rings is 1. The number of aryl methyl sites for hydroxylation is 1. The lowest BCUT2D eigenvalue weighted by Crippen LogP contribution is -2.48. The van der Waals surface area contributed by atoms with Crippen LogP contribution >= 0.6 is 0 Å². The van der Waals surface area contributed by atoms with Gasteiger partial charge in [-0.15, -0.1) is 0 Å². The van der Waals surface area contributed by atoms with Crippen LogP contribution < -0.4 is 4.74 Å². The van der Waals surface area contributed by atoms with E-state index in [1.54, 1.807) is 4.90 Å². The summed E-state index contributed by atoms with van der Waals surface area (Å²) in [4.78, 5) is 18.5. The third-order valence-electron chi connectivity index (χ3n) is 4.11. The average molecular weight is 316 g/mol. The number of ether oxygens (including phenoxy) is 2. The molecule has 2 unspecified atom stereocenters. The molecule has 1 aliphatic rings. The Hall–Kier alpha value is -2.34. The number of carbonyl (C=O) groups excluding carboxylic acids is 1. The fraction of sp³-hybridized carbons (Fsp3) is 0.412. The SMILES string of the molecule is COc1nc(C(=O)N2CC(c3ccccc3C)OCC2C)co1. The maximum absolute atomic E-state index is 12.7. The van der Waals surface area contributed by atoms with Crippen molar-refractivity contribution in [1.29, 1.82) is 0 Å². The molecule has 1 aliphatic heterocycles. The number of nitrogens with zero attached hydrogens (tertiary/aromatic N) is 2. The molecule has 1 amide bonds. The van der Waals surface area contributed by atoms with Crippen molar-refractivity contribution >= 4 is 5.91 Å². The van der Waals surface area contributed by atoms with Crippen molar-refractivity contribution < 1.29 is 18.7 Å². The smallest absolute Gasteiger partial charge is 0.393 e. The fourth-order valence-electron chi connectivity index (χ4n) is 2.77. The minimum absolute atomic E-state index is 0.0227. The molecule has 1 aromatic carbocycles. The van der Waals surface area contributed by atoms with Crippen LogP contribution in [-0.4, -0.2) is 42.1 Å². The van der Waals surface area contributed by atoms with Crippen molar-refractivity contribution in [2.45, 2.75) is 26.0 Å². The molecule has 6 heteroatoms. The molecule has 0 radical (unpaired) electrons. The van der Waals surface area contributed by atoms with Gasteiger partial charge in [-0.25, -0.2) is 0 Å². The molecule has 0 aliphatic carbocycles. The van der Waals surface area contributed by atoms with E-state index in [2.05, 4.69) is 4.98 Å². The molecule has 1 aromatic heterocycles. The summed E-state index contributed by atoms with van der Waals surface area (Å²) in [6.07, 6.45) is 1.28. The van der Waals surface area contributed by atoms with Crippen LogP contribution in [0.15, 0.2) is 34.9 Å². The van der Waals surface area contributed by atoms with E-state index in [9.17, 15) is 4.79 Å². The Morgan fingerprint density at radius 3 is 2.87 bits per heavy atom. The fourth-order valence-corrected chi connectivity index (χ4v) is 2.77. The predicted octanol–water partition coefficient (Wildman–Crippen LogP) is 2.59. The van der Waals surface area contributed by atoms with Crippen LogP contribution in [0.3, 0.4) is 0 Å². The van der Waals surface area contributed by atoms with E-state index in [1.807, 2.05) is 38.1 Å². The Balaban J connectivity index is 1.81. The molecule has 0 N–H and O–H groups in total. The normalized spacial score (nSPS) is 21.3. The van der Waals surface area contributed by atoms with Crippen molar-refractivity contribution in [2.75, 3.05) is 20.3 Å². The van der Waals surface area contributed by atoms with E-state index in [0.29, 0.717) is 13.2 Å². The van der Waals surface area contributed by atoms with Gasteiger partial charge in [0.15, 0.2) is 5.69 Å². The summed E-state index contributed by atoms with van der Waals surface area (Å²) in [7, 11) is 1.45. The molecule has 2 aromatic rings. The average Bonchev–Trinajstić information content (AvgIpc) is 3.04. The zero-order chi connectivity index (χ0) is 16.4. The summed E-state index contributed by atoms with van der Waals surface area (Å²) in [6, 6.07) is 8.04. The van der Waals surface area contributed by atoms with Crippen molar-refractivity contribution in [1.82, 2.24) is 9.88 Å². The van der Waals surface area contributed by atoms with Crippen LogP contribution in [0.2, 0.25) is 0 Å². The van der Waals surface area contributed by atoms with Gasteiger partial charge in [0.05, 0.1) is 26.3 Å². The molecule has 6 nitrogen and oxygen atoms in total. The first-order valence-electron chi connectivity index (χ1n) is 7.57. The molecule has 0 bridgehead atoms. The summed E-state index contributed by atoms with van der Waals surface area (Å²) in [5.74, 6) is -0.175. The Labute approximate surface area is 135 Å². The zero-order valence-electron chi connectivity index (χ0n) is 13.5. The van der Waals surface area contributed by atoms with E-state index in [4.69, 9.17) is 13.9 Å². The predicted molar refractivity (Wildman–Crippen MR) is 83.4 cm³/mol. The standard InChI is InChI=1S/C17H20N2O4/c1-11-6-4-5-7-13(11)15-8-19(12(2)9-22-15)16(20)14-10-23-17(18-14)21-3/h4-7,10,12,15H,8-9H2,1-3H3. The topological polar surface area (TPSA) is 64.8 Å². The molecule has 3 rings (SSSR count). The summed E-state index contributed by atoms with van der Waals surface area (Å²) in [6.45, 7) is 4.98. The number of hydrogen-bond donors (Lipinski definition) is 0. The van der Waals surface area contributed by atoms with Crippen LogP contribution in [0.4, 0.5) is 0 Å². The minimum atomic E-state index is -0.175. The van der Waals surface area contributed by atoms with Gasteiger partial charge in [0.25, 0.3) is 5.91 Å². The van der Waals surface area contributed by atoms with E-state index < -0.39 is 0 Å². The molecule has 23 heavy (non-hydrogen) atoms. The lowest BCUT2D eigenvalue weighted by atomic mass is 10.0. The second-order valence-electron chi connectivity index (χ2n) is 5.69. The molecule has 2 heterocycles. The number of morpholine rings is 1. The molecule has 0 saturated carbocycles. The van der Waals surface area contributed by atoms with Crippen LogP contribution in [0.1, 0.15) is 34.6 Å². The minimum Gasteiger partial charge on any atom is -0.454 e. The van der Waals surface area contributed by atoms with Gasteiger partial charge in [0.1, 0.15) is 12.4 Å². The first kappa shape index (κ1) is 15.6. The number of carbonyl (C=O) groups is 1. The third-order valence-corrected chi connectivity index (χ3v) is 4.11. The van der Waals surface area contributed by atoms with Crippen molar-refractivity contribution in [3.05, 3.63) is 47.3 Å². The molecule has 122 valence electrons. The Bertz CT molecular complexity index is 697. The number of amides is 1. The summed E-state index contributed by atoms with van der Waals surface area (Å²) in [5.41, 5.74) is 2.51. The lowest BCUT2D eigenvalue weighted by molar-refractivity contribution is -0.0490. The van der Waals surface area contributed by atoms with Crippen LogP contribution in [0.5, 0.6) is 6.08 Å². The van der Waals surface area contributed by atoms with Crippen LogP contribution in [0.25, 0.3) is 0 Å². The number of hydrogen-bond acceptors (Lipinski definition) is 5. The first-order chi connectivity index (χ1) is 11.1. The maximum atomic E-state index is 12.7. The molecule has 1 fully saturated rings. The van der Waals surface area contributed by atoms with E-state index >= 15 is 0 Å². The highest BCUT2D eigenvalue weighted by Gasteiger charge is 2.32. The van der Waals surface area contributed by atoms with E-state index in [1.165, 1.54) is 13.4 Å². The van der Waals surface area contributed by atoms with Crippen molar-refractivity contribution in [3.63, 3.8) is 0 Å². The highest BCUT2D eigenvalue weighted by Crippen LogP contribution is 2.28. The van der Waals surface area contributed by atoms with Gasteiger partial charge < -0.3 is 18.8 Å². The van der Waals surface area contributed by atoms with Crippen molar-refractivity contribution in [3.8, 4) is 6.08 Å². The molecular formula is C17H20N2O4. The van der Waals surface area contributed by atoms with Gasteiger partial charge in [-0.1, -0.05) is 24.3 Å².